The number of ether oxygens (including phenoxy) is 1. The van der Waals surface area contributed by atoms with Gasteiger partial charge < -0.3 is 4.74 Å². The minimum absolute atomic E-state index is 0.224. The number of para-hydroxylation sites is 1. The lowest BCUT2D eigenvalue weighted by Crippen LogP contribution is -2.10. The first-order valence-electron chi connectivity index (χ1n) is 3.31. The highest BCUT2D eigenvalue weighted by Crippen LogP contribution is 2.23. The average Bonchev–Trinajstić information content (AvgIpc) is 2.01. The molecule has 0 unspecified atom stereocenters. The van der Waals surface area contributed by atoms with Crippen LogP contribution in [0.3, 0.4) is 0 Å². The van der Waals surface area contributed by atoms with Crippen molar-refractivity contribution in [3.63, 3.8) is 0 Å². The lowest BCUT2D eigenvalue weighted by Gasteiger charge is -2.04. The van der Waals surface area contributed by atoms with Gasteiger partial charge in [0.25, 0.3) is 0 Å². The minimum atomic E-state index is -4.12. The summed E-state index contributed by atoms with van der Waals surface area (Å²) in [5.41, 5.74) is 0. The summed E-state index contributed by atoms with van der Waals surface area (Å²) in [5, 5.41) is 0.297. The van der Waals surface area contributed by atoms with E-state index in [1.807, 2.05) is 0 Å². The normalized spacial score (nSPS) is 11.2. The molecule has 1 aromatic carbocycles. The second-order valence-electron chi connectivity index (χ2n) is 2.27. The first-order chi connectivity index (χ1) is 5.99. The topological polar surface area (TPSA) is 63.6 Å². The van der Waals surface area contributed by atoms with Crippen LogP contribution in [0.4, 0.5) is 0 Å². The van der Waals surface area contributed by atoms with Crippen molar-refractivity contribution in [2.75, 3.05) is 5.94 Å². The predicted octanol–water partition coefficient (Wildman–Crippen LogP) is 1.56. The van der Waals surface area contributed by atoms with E-state index in [9.17, 15) is 8.42 Å². The largest absolute Gasteiger partial charge is 0.474 e. The SMILES string of the molecule is O=S(=O)(O)COc1ccccc1Cl. The zero-order valence-electron chi connectivity index (χ0n) is 6.47. The Labute approximate surface area is 80.8 Å². The molecule has 0 amide bonds. The van der Waals surface area contributed by atoms with E-state index >= 15 is 0 Å². The number of benzene rings is 1. The molecule has 0 heterocycles. The Morgan fingerprint density at radius 2 is 2.00 bits per heavy atom. The number of rotatable bonds is 3. The van der Waals surface area contributed by atoms with Crippen LogP contribution in [-0.2, 0) is 10.1 Å². The summed E-state index contributed by atoms with van der Waals surface area (Å²) >= 11 is 5.65. The summed E-state index contributed by atoms with van der Waals surface area (Å²) in [7, 11) is -4.12. The molecule has 0 radical (unpaired) electrons. The maximum Gasteiger partial charge on any atom is 0.300 e. The highest BCUT2D eigenvalue weighted by molar-refractivity contribution is 7.85. The highest BCUT2D eigenvalue weighted by Gasteiger charge is 2.06. The Morgan fingerprint density at radius 1 is 1.38 bits per heavy atom. The standard InChI is InChI=1S/C7H7ClO4S/c8-6-3-1-2-4-7(6)12-5-13(9,10)11/h1-4H,5H2,(H,9,10,11). The molecule has 0 aliphatic rings. The van der Waals surface area contributed by atoms with Gasteiger partial charge in [0.2, 0.25) is 5.94 Å². The third-order valence-corrected chi connectivity index (χ3v) is 1.93. The Kier molecular flexibility index (Phi) is 3.13. The molecule has 0 aromatic heterocycles. The molecule has 6 heteroatoms. The van der Waals surface area contributed by atoms with Gasteiger partial charge in [0.1, 0.15) is 5.75 Å². The summed E-state index contributed by atoms with van der Waals surface area (Å²) in [5.74, 6) is -0.571. The maximum atomic E-state index is 10.3. The molecular weight excluding hydrogens is 216 g/mol. The number of halogens is 1. The van der Waals surface area contributed by atoms with Crippen molar-refractivity contribution in [3.8, 4) is 5.75 Å². The van der Waals surface area contributed by atoms with Gasteiger partial charge in [0.15, 0.2) is 0 Å². The monoisotopic (exact) mass is 222 g/mol. The molecule has 0 aliphatic heterocycles. The summed E-state index contributed by atoms with van der Waals surface area (Å²) in [6, 6.07) is 6.39. The van der Waals surface area contributed by atoms with E-state index < -0.39 is 16.1 Å². The second-order valence-corrected chi connectivity index (χ2v) is 4.08. The van der Waals surface area contributed by atoms with E-state index in [-0.39, 0.29) is 5.75 Å². The van der Waals surface area contributed by atoms with Crippen molar-refractivity contribution in [2.45, 2.75) is 0 Å². The van der Waals surface area contributed by atoms with Crippen molar-refractivity contribution in [1.29, 1.82) is 0 Å². The molecule has 72 valence electrons. The van der Waals surface area contributed by atoms with E-state index in [2.05, 4.69) is 0 Å². The summed E-state index contributed by atoms with van der Waals surface area (Å²) in [6.45, 7) is 0. The van der Waals surface area contributed by atoms with Crippen LogP contribution in [-0.4, -0.2) is 18.9 Å². The molecule has 1 N–H and O–H groups in total. The molecule has 0 saturated heterocycles. The smallest absolute Gasteiger partial charge is 0.300 e. The molecule has 0 saturated carbocycles. The lowest BCUT2D eigenvalue weighted by atomic mass is 10.3. The third-order valence-electron chi connectivity index (χ3n) is 1.20. The molecule has 0 spiro atoms. The van der Waals surface area contributed by atoms with Crippen molar-refractivity contribution < 1.29 is 17.7 Å². The van der Waals surface area contributed by atoms with E-state index in [4.69, 9.17) is 20.9 Å². The first-order valence-corrected chi connectivity index (χ1v) is 5.30. The van der Waals surface area contributed by atoms with Crippen LogP contribution in [0.25, 0.3) is 0 Å². The van der Waals surface area contributed by atoms with Gasteiger partial charge in [-0.1, -0.05) is 23.7 Å². The molecule has 0 atom stereocenters. The van der Waals surface area contributed by atoms with Crippen LogP contribution >= 0.6 is 11.6 Å². The summed E-state index contributed by atoms with van der Waals surface area (Å²) in [6.07, 6.45) is 0. The van der Waals surface area contributed by atoms with Gasteiger partial charge in [0.05, 0.1) is 5.02 Å². The quantitative estimate of drug-likeness (QED) is 0.789. The van der Waals surface area contributed by atoms with Crippen LogP contribution in [0.15, 0.2) is 24.3 Å². The molecule has 4 nitrogen and oxygen atoms in total. The van der Waals surface area contributed by atoms with E-state index in [1.54, 1.807) is 18.2 Å². The molecule has 13 heavy (non-hydrogen) atoms. The Hall–Kier alpha value is -0.780. The van der Waals surface area contributed by atoms with Gasteiger partial charge in [0, 0.05) is 0 Å². The van der Waals surface area contributed by atoms with Gasteiger partial charge in [-0.3, -0.25) is 4.55 Å². The zero-order valence-corrected chi connectivity index (χ0v) is 8.05. The maximum absolute atomic E-state index is 10.3. The highest BCUT2D eigenvalue weighted by atomic mass is 35.5. The van der Waals surface area contributed by atoms with Crippen molar-refractivity contribution in [1.82, 2.24) is 0 Å². The van der Waals surface area contributed by atoms with Crippen LogP contribution < -0.4 is 4.74 Å². The first kappa shape index (κ1) is 10.3. The minimum Gasteiger partial charge on any atom is -0.474 e. The van der Waals surface area contributed by atoms with Gasteiger partial charge in [-0.15, -0.1) is 0 Å². The Morgan fingerprint density at radius 3 is 2.54 bits per heavy atom. The number of hydrogen-bond acceptors (Lipinski definition) is 3. The molecule has 0 bridgehead atoms. The fourth-order valence-corrected chi connectivity index (χ4v) is 1.17. The molecule has 1 rings (SSSR count). The van der Waals surface area contributed by atoms with E-state index in [0.29, 0.717) is 5.02 Å². The van der Waals surface area contributed by atoms with E-state index in [1.165, 1.54) is 6.07 Å². The van der Waals surface area contributed by atoms with E-state index in [0.717, 1.165) is 0 Å². The van der Waals surface area contributed by atoms with Crippen LogP contribution in [0.5, 0.6) is 5.75 Å². The second kappa shape index (κ2) is 3.95. The Bertz CT molecular complexity index is 387. The third kappa shape index (κ3) is 3.63. The molecule has 1 aromatic rings. The molecule has 0 aliphatic carbocycles. The summed E-state index contributed by atoms with van der Waals surface area (Å²) in [4.78, 5) is 0. The number of hydrogen-bond donors (Lipinski definition) is 1. The lowest BCUT2D eigenvalue weighted by molar-refractivity contribution is 0.353. The van der Waals surface area contributed by atoms with Crippen LogP contribution in [0.2, 0.25) is 5.02 Å². The summed E-state index contributed by atoms with van der Waals surface area (Å²) < 4.78 is 33.7. The fourth-order valence-electron chi connectivity index (χ4n) is 0.700. The predicted molar refractivity (Wildman–Crippen MR) is 48.5 cm³/mol. The molecule has 0 fully saturated rings. The fraction of sp³-hybridized carbons (Fsp3) is 0.143. The Balaban J connectivity index is 2.71. The van der Waals surface area contributed by atoms with Crippen molar-refractivity contribution >= 4 is 21.7 Å². The average molecular weight is 223 g/mol. The van der Waals surface area contributed by atoms with Crippen LogP contribution in [0.1, 0.15) is 0 Å². The zero-order chi connectivity index (χ0) is 9.90. The van der Waals surface area contributed by atoms with Gasteiger partial charge in [-0.05, 0) is 12.1 Å². The van der Waals surface area contributed by atoms with Gasteiger partial charge >= 0.3 is 10.1 Å². The van der Waals surface area contributed by atoms with Gasteiger partial charge in [-0.2, -0.15) is 8.42 Å². The van der Waals surface area contributed by atoms with Crippen LogP contribution in [0, 0.1) is 0 Å². The van der Waals surface area contributed by atoms with Gasteiger partial charge in [-0.25, -0.2) is 0 Å². The molecular formula is C7H7ClO4S. The van der Waals surface area contributed by atoms with Crippen molar-refractivity contribution in [2.24, 2.45) is 0 Å². The van der Waals surface area contributed by atoms with Crippen molar-refractivity contribution in [3.05, 3.63) is 29.3 Å².